The highest BCUT2D eigenvalue weighted by molar-refractivity contribution is 5.76. The number of rotatable bonds is 5. The number of hydrogen-bond acceptors (Lipinski definition) is 2. The molecule has 1 saturated heterocycles. The fourth-order valence-corrected chi connectivity index (χ4v) is 2.02. The fourth-order valence-electron chi connectivity index (χ4n) is 2.02. The van der Waals surface area contributed by atoms with Crippen molar-refractivity contribution in [2.75, 3.05) is 19.8 Å². The molecule has 0 amide bonds. The standard InChI is InChI=1S/C10H18FNO/c1-9(13)8-10-4-2-6-12(10)7-3-5-11/h10H,2-8H2,1H3. The maximum Gasteiger partial charge on any atom is 0.131 e. The van der Waals surface area contributed by atoms with E-state index < -0.39 is 0 Å². The summed E-state index contributed by atoms with van der Waals surface area (Å²) in [6, 6.07) is 0.393. The maximum absolute atomic E-state index is 11.9. The topological polar surface area (TPSA) is 20.3 Å². The van der Waals surface area contributed by atoms with Crippen molar-refractivity contribution in [1.82, 2.24) is 4.90 Å². The van der Waals surface area contributed by atoms with Crippen molar-refractivity contribution in [3.63, 3.8) is 0 Å². The van der Waals surface area contributed by atoms with Gasteiger partial charge in [0.25, 0.3) is 0 Å². The Morgan fingerprint density at radius 2 is 2.38 bits per heavy atom. The lowest BCUT2D eigenvalue weighted by atomic mass is 10.1. The second-order valence-corrected chi connectivity index (χ2v) is 3.78. The smallest absolute Gasteiger partial charge is 0.131 e. The second-order valence-electron chi connectivity index (χ2n) is 3.78. The minimum Gasteiger partial charge on any atom is -0.300 e. The zero-order valence-electron chi connectivity index (χ0n) is 8.26. The van der Waals surface area contributed by atoms with Gasteiger partial charge >= 0.3 is 0 Å². The molecule has 0 saturated carbocycles. The molecular weight excluding hydrogens is 169 g/mol. The Hall–Kier alpha value is -0.440. The van der Waals surface area contributed by atoms with Crippen molar-refractivity contribution in [2.24, 2.45) is 0 Å². The van der Waals surface area contributed by atoms with E-state index in [-0.39, 0.29) is 12.5 Å². The van der Waals surface area contributed by atoms with Crippen LogP contribution < -0.4 is 0 Å². The van der Waals surface area contributed by atoms with Crippen LogP contribution in [0.1, 0.15) is 32.6 Å². The Morgan fingerprint density at radius 1 is 1.62 bits per heavy atom. The number of nitrogens with zero attached hydrogens (tertiary/aromatic N) is 1. The fraction of sp³-hybridized carbons (Fsp3) is 0.900. The lowest BCUT2D eigenvalue weighted by Crippen LogP contribution is -2.32. The third kappa shape index (κ3) is 3.43. The van der Waals surface area contributed by atoms with Crippen molar-refractivity contribution in [2.45, 2.75) is 38.6 Å². The third-order valence-corrected chi connectivity index (χ3v) is 2.60. The normalized spacial score (nSPS) is 23.7. The van der Waals surface area contributed by atoms with E-state index in [0.29, 0.717) is 18.9 Å². The van der Waals surface area contributed by atoms with E-state index in [1.54, 1.807) is 6.92 Å². The van der Waals surface area contributed by atoms with E-state index >= 15 is 0 Å². The summed E-state index contributed by atoms with van der Waals surface area (Å²) in [5, 5.41) is 0. The first-order valence-electron chi connectivity index (χ1n) is 5.03. The van der Waals surface area contributed by atoms with Gasteiger partial charge in [-0.15, -0.1) is 0 Å². The van der Waals surface area contributed by atoms with Gasteiger partial charge in [0, 0.05) is 19.0 Å². The van der Waals surface area contributed by atoms with Gasteiger partial charge < -0.3 is 0 Å². The number of Topliss-reactive ketones (excluding diaryl/α,β-unsaturated/α-hetero) is 1. The highest BCUT2D eigenvalue weighted by atomic mass is 19.1. The molecule has 3 heteroatoms. The van der Waals surface area contributed by atoms with Gasteiger partial charge in [-0.2, -0.15) is 0 Å². The van der Waals surface area contributed by atoms with Crippen LogP contribution in [0, 0.1) is 0 Å². The Kier molecular flexibility index (Phi) is 4.36. The number of hydrogen-bond donors (Lipinski definition) is 0. The van der Waals surface area contributed by atoms with Gasteiger partial charge in [-0.05, 0) is 32.7 Å². The molecule has 1 aliphatic heterocycles. The van der Waals surface area contributed by atoms with Gasteiger partial charge in [-0.1, -0.05) is 0 Å². The van der Waals surface area contributed by atoms with E-state index in [4.69, 9.17) is 0 Å². The highest BCUT2D eigenvalue weighted by Gasteiger charge is 2.24. The molecule has 1 aliphatic rings. The molecule has 0 aliphatic carbocycles. The Bertz CT molecular complexity index is 172. The molecule has 0 aromatic heterocycles. The first kappa shape index (κ1) is 10.6. The molecule has 1 atom stereocenters. The van der Waals surface area contributed by atoms with Crippen molar-refractivity contribution in [1.29, 1.82) is 0 Å². The number of ketones is 1. The summed E-state index contributed by atoms with van der Waals surface area (Å²) in [5.41, 5.74) is 0. The summed E-state index contributed by atoms with van der Waals surface area (Å²) < 4.78 is 11.9. The van der Waals surface area contributed by atoms with Crippen LogP contribution in [0.2, 0.25) is 0 Å². The van der Waals surface area contributed by atoms with Crippen LogP contribution in [-0.2, 0) is 4.79 Å². The Morgan fingerprint density at radius 3 is 3.00 bits per heavy atom. The summed E-state index contributed by atoms with van der Waals surface area (Å²) in [6.45, 7) is 3.24. The number of halogens is 1. The molecule has 0 spiro atoms. The highest BCUT2D eigenvalue weighted by Crippen LogP contribution is 2.20. The minimum absolute atomic E-state index is 0.247. The van der Waals surface area contributed by atoms with Crippen LogP contribution >= 0.6 is 0 Å². The first-order valence-corrected chi connectivity index (χ1v) is 5.03. The minimum atomic E-state index is -0.247. The van der Waals surface area contributed by atoms with Gasteiger partial charge in [0.15, 0.2) is 0 Å². The summed E-state index contributed by atoms with van der Waals surface area (Å²) in [7, 11) is 0. The monoisotopic (exact) mass is 187 g/mol. The van der Waals surface area contributed by atoms with E-state index in [1.165, 1.54) is 0 Å². The lowest BCUT2D eigenvalue weighted by molar-refractivity contribution is -0.118. The van der Waals surface area contributed by atoms with Crippen molar-refractivity contribution >= 4 is 5.78 Å². The van der Waals surface area contributed by atoms with Gasteiger partial charge in [0.1, 0.15) is 5.78 Å². The average molecular weight is 187 g/mol. The third-order valence-electron chi connectivity index (χ3n) is 2.60. The molecule has 13 heavy (non-hydrogen) atoms. The summed E-state index contributed by atoms with van der Waals surface area (Å²) in [6.07, 6.45) is 3.51. The van der Waals surface area contributed by atoms with Crippen molar-refractivity contribution in [3.8, 4) is 0 Å². The summed E-state index contributed by atoms with van der Waals surface area (Å²) in [4.78, 5) is 13.2. The predicted molar refractivity (Wildman–Crippen MR) is 50.5 cm³/mol. The summed E-state index contributed by atoms with van der Waals surface area (Å²) >= 11 is 0. The van der Waals surface area contributed by atoms with Gasteiger partial charge in [0.2, 0.25) is 0 Å². The van der Waals surface area contributed by atoms with E-state index in [0.717, 1.165) is 25.9 Å². The van der Waals surface area contributed by atoms with Gasteiger partial charge in [-0.25, -0.2) is 0 Å². The largest absolute Gasteiger partial charge is 0.300 e. The van der Waals surface area contributed by atoms with Crippen molar-refractivity contribution in [3.05, 3.63) is 0 Å². The Balaban J connectivity index is 2.30. The number of alkyl halides is 1. The zero-order valence-corrected chi connectivity index (χ0v) is 8.26. The molecule has 0 N–H and O–H groups in total. The molecule has 0 radical (unpaired) electrons. The predicted octanol–water partition coefficient (Wildman–Crippen LogP) is 1.79. The molecule has 1 rings (SSSR count). The van der Waals surface area contributed by atoms with E-state index in [1.807, 2.05) is 0 Å². The molecular formula is C10H18FNO. The van der Waals surface area contributed by atoms with Gasteiger partial charge in [-0.3, -0.25) is 14.1 Å². The molecule has 0 bridgehead atoms. The molecule has 76 valence electrons. The average Bonchev–Trinajstić information content (AvgIpc) is 2.48. The van der Waals surface area contributed by atoms with Crippen LogP contribution in [0.3, 0.4) is 0 Å². The molecule has 2 nitrogen and oxygen atoms in total. The lowest BCUT2D eigenvalue weighted by Gasteiger charge is -2.22. The van der Waals surface area contributed by atoms with Crippen molar-refractivity contribution < 1.29 is 9.18 Å². The van der Waals surface area contributed by atoms with Crippen LogP contribution in [0.5, 0.6) is 0 Å². The van der Waals surface area contributed by atoms with E-state index in [9.17, 15) is 9.18 Å². The summed E-state index contributed by atoms with van der Waals surface area (Å²) in [5.74, 6) is 0.247. The van der Waals surface area contributed by atoms with Crippen LogP contribution in [0.25, 0.3) is 0 Å². The molecule has 1 heterocycles. The van der Waals surface area contributed by atoms with Crippen LogP contribution in [-0.4, -0.2) is 36.5 Å². The maximum atomic E-state index is 11.9. The molecule has 1 unspecified atom stereocenters. The number of carbonyl (C=O) groups is 1. The SMILES string of the molecule is CC(=O)CC1CCCN1CCCF. The van der Waals surface area contributed by atoms with E-state index in [2.05, 4.69) is 4.90 Å². The molecule has 1 fully saturated rings. The number of likely N-dealkylation sites (tertiary alicyclic amines) is 1. The van der Waals surface area contributed by atoms with Crippen LogP contribution in [0.4, 0.5) is 4.39 Å². The zero-order chi connectivity index (χ0) is 9.68. The first-order chi connectivity index (χ1) is 6.24. The molecule has 0 aromatic rings. The van der Waals surface area contributed by atoms with Crippen LogP contribution in [0.15, 0.2) is 0 Å². The number of carbonyl (C=O) groups excluding carboxylic acids is 1. The quantitative estimate of drug-likeness (QED) is 0.654. The molecule has 0 aromatic carbocycles. The second kappa shape index (κ2) is 5.32. The Labute approximate surface area is 79.1 Å². The van der Waals surface area contributed by atoms with Gasteiger partial charge in [0.05, 0.1) is 6.67 Å².